The molecule has 0 radical (unpaired) electrons. The summed E-state index contributed by atoms with van der Waals surface area (Å²) < 4.78 is 14.6. The van der Waals surface area contributed by atoms with E-state index in [1.807, 2.05) is 17.9 Å². The summed E-state index contributed by atoms with van der Waals surface area (Å²) in [5, 5.41) is 0. The van der Waals surface area contributed by atoms with Crippen LogP contribution in [0.3, 0.4) is 0 Å². The second-order valence-electron chi connectivity index (χ2n) is 8.02. The van der Waals surface area contributed by atoms with Crippen molar-refractivity contribution in [2.45, 2.75) is 19.4 Å². The highest BCUT2D eigenvalue weighted by Gasteiger charge is 2.28. The summed E-state index contributed by atoms with van der Waals surface area (Å²) in [4.78, 5) is 38.0. The topological polar surface area (TPSA) is 88.0 Å². The van der Waals surface area contributed by atoms with E-state index >= 15 is 0 Å². The Bertz CT molecular complexity index is 1330. The Morgan fingerprint density at radius 2 is 1.79 bits per heavy atom. The van der Waals surface area contributed by atoms with Crippen LogP contribution in [0.25, 0.3) is 11.6 Å². The van der Waals surface area contributed by atoms with Crippen LogP contribution in [-0.2, 0) is 6.42 Å². The molecule has 0 N–H and O–H groups in total. The molecular weight excluding hydrogens is 433 g/mol. The minimum Gasteiger partial charge on any atom is -0.349 e. The highest BCUT2D eigenvalue weighted by Crippen LogP contribution is 2.34. The monoisotopic (exact) mass is 455 g/mol. The summed E-state index contributed by atoms with van der Waals surface area (Å²) in [5.74, 6) is 0.538. The molecule has 1 atom stereocenters. The highest BCUT2D eigenvalue weighted by atomic mass is 19.1. The number of benzene rings is 1. The zero-order valence-electron chi connectivity index (χ0n) is 18.8. The highest BCUT2D eigenvalue weighted by molar-refractivity contribution is 6.05. The average molecular weight is 455 g/mol. The van der Waals surface area contributed by atoms with Crippen LogP contribution >= 0.6 is 0 Å². The summed E-state index contributed by atoms with van der Waals surface area (Å²) in [5.41, 5.74) is 2.81. The van der Waals surface area contributed by atoms with E-state index in [9.17, 15) is 9.18 Å². The number of hydrogen-bond acceptors (Lipinski definition) is 7. The van der Waals surface area contributed by atoms with Crippen LogP contribution in [0.4, 0.5) is 15.9 Å². The first-order valence-corrected chi connectivity index (χ1v) is 10.9. The van der Waals surface area contributed by atoms with Gasteiger partial charge in [-0.25, -0.2) is 24.9 Å². The van der Waals surface area contributed by atoms with E-state index in [1.54, 1.807) is 62.0 Å². The standard InChI is InChI=1S/C25H22FN7O/c1-16-19-15-29-24(23-27-10-6-11-28-23)30-20(19)9-12-33(16)22-14-18(13-21(26)31-22)32(2)25(34)17-7-4-3-5-8-17/h3-8,10-11,13-16H,9,12H2,1-2H3. The molecule has 0 fully saturated rings. The normalized spacial score (nSPS) is 15.0. The lowest BCUT2D eigenvalue weighted by molar-refractivity contribution is 0.0993. The first kappa shape index (κ1) is 21.6. The van der Waals surface area contributed by atoms with Gasteiger partial charge in [-0.05, 0) is 25.1 Å². The fourth-order valence-corrected chi connectivity index (χ4v) is 4.10. The number of nitrogens with zero attached hydrogens (tertiary/aromatic N) is 7. The molecule has 1 amide bonds. The van der Waals surface area contributed by atoms with Gasteiger partial charge in [0.25, 0.3) is 5.91 Å². The van der Waals surface area contributed by atoms with Gasteiger partial charge in [-0.15, -0.1) is 0 Å². The van der Waals surface area contributed by atoms with Crippen molar-refractivity contribution in [3.05, 3.63) is 89.9 Å². The number of amides is 1. The second kappa shape index (κ2) is 8.93. The van der Waals surface area contributed by atoms with Crippen molar-refractivity contribution < 1.29 is 9.18 Å². The molecule has 34 heavy (non-hydrogen) atoms. The van der Waals surface area contributed by atoms with E-state index < -0.39 is 5.95 Å². The lowest BCUT2D eigenvalue weighted by Gasteiger charge is -2.35. The van der Waals surface area contributed by atoms with Crippen LogP contribution in [0, 0.1) is 5.95 Å². The number of carbonyl (C=O) groups is 1. The third kappa shape index (κ3) is 4.07. The zero-order chi connectivity index (χ0) is 23.7. The maximum atomic E-state index is 14.6. The first-order chi connectivity index (χ1) is 16.5. The Morgan fingerprint density at radius 1 is 1.03 bits per heavy atom. The molecule has 4 heterocycles. The van der Waals surface area contributed by atoms with E-state index in [0.717, 1.165) is 11.3 Å². The van der Waals surface area contributed by atoms with E-state index in [2.05, 4.69) is 24.9 Å². The third-order valence-corrected chi connectivity index (χ3v) is 5.95. The van der Waals surface area contributed by atoms with Crippen molar-refractivity contribution in [2.75, 3.05) is 23.4 Å². The zero-order valence-corrected chi connectivity index (χ0v) is 18.8. The van der Waals surface area contributed by atoms with Gasteiger partial charge in [-0.2, -0.15) is 4.39 Å². The van der Waals surface area contributed by atoms with Crippen molar-refractivity contribution in [3.8, 4) is 11.6 Å². The molecule has 1 aliphatic rings. The number of halogens is 1. The molecule has 5 rings (SSSR count). The molecule has 0 spiro atoms. The van der Waals surface area contributed by atoms with Gasteiger partial charge in [0, 0.05) is 61.9 Å². The predicted molar refractivity (Wildman–Crippen MR) is 126 cm³/mol. The van der Waals surface area contributed by atoms with Gasteiger partial charge in [0.1, 0.15) is 5.82 Å². The Hall–Kier alpha value is -4.27. The fraction of sp³-hybridized carbons (Fsp3) is 0.200. The molecule has 3 aromatic heterocycles. The Kier molecular flexibility index (Phi) is 5.67. The van der Waals surface area contributed by atoms with Gasteiger partial charge in [0.15, 0.2) is 11.6 Å². The summed E-state index contributed by atoms with van der Waals surface area (Å²) in [6.45, 7) is 2.59. The number of aromatic nitrogens is 5. The maximum absolute atomic E-state index is 14.6. The van der Waals surface area contributed by atoms with Crippen LogP contribution in [0.15, 0.2) is 67.1 Å². The number of anilines is 2. The molecule has 0 saturated carbocycles. The second-order valence-corrected chi connectivity index (χ2v) is 8.02. The van der Waals surface area contributed by atoms with Crippen molar-refractivity contribution >= 4 is 17.4 Å². The molecule has 1 unspecified atom stereocenters. The molecule has 8 nitrogen and oxygen atoms in total. The first-order valence-electron chi connectivity index (χ1n) is 10.9. The van der Waals surface area contributed by atoms with Gasteiger partial charge in [0.2, 0.25) is 5.95 Å². The van der Waals surface area contributed by atoms with Crippen molar-refractivity contribution in [1.82, 2.24) is 24.9 Å². The summed E-state index contributed by atoms with van der Waals surface area (Å²) in [6, 6.07) is 13.5. The minimum atomic E-state index is -0.647. The van der Waals surface area contributed by atoms with Crippen LogP contribution in [-0.4, -0.2) is 44.4 Å². The van der Waals surface area contributed by atoms with Gasteiger partial charge in [-0.3, -0.25) is 4.79 Å². The van der Waals surface area contributed by atoms with Gasteiger partial charge in [0.05, 0.1) is 17.4 Å². The van der Waals surface area contributed by atoms with Gasteiger partial charge < -0.3 is 9.80 Å². The van der Waals surface area contributed by atoms with Crippen LogP contribution in [0.1, 0.15) is 34.6 Å². The number of rotatable bonds is 4. The summed E-state index contributed by atoms with van der Waals surface area (Å²) in [6.07, 6.45) is 5.72. The lowest BCUT2D eigenvalue weighted by atomic mass is 9.99. The van der Waals surface area contributed by atoms with Crippen molar-refractivity contribution in [1.29, 1.82) is 0 Å². The van der Waals surface area contributed by atoms with Crippen LogP contribution < -0.4 is 9.80 Å². The summed E-state index contributed by atoms with van der Waals surface area (Å²) in [7, 11) is 1.63. The molecule has 0 bridgehead atoms. The maximum Gasteiger partial charge on any atom is 0.258 e. The lowest BCUT2D eigenvalue weighted by Crippen LogP contribution is -2.36. The number of hydrogen-bond donors (Lipinski definition) is 0. The SMILES string of the molecule is CC1c2cnc(-c3ncccn3)nc2CCN1c1cc(N(C)C(=O)c2ccccc2)cc(F)n1. The number of carbonyl (C=O) groups excluding carboxylic acids is 1. The van der Waals surface area contributed by atoms with Crippen molar-refractivity contribution in [2.24, 2.45) is 0 Å². The quantitative estimate of drug-likeness (QED) is 0.432. The molecule has 170 valence electrons. The Morgan fingerprint density at radius 3 is 2.56 bits per heavy atom. The Balaban J connectivity index is 1.43. The third-order valence-electron chi connectivity index (χ3n) is 5.95. The van der Waals surface area contributed by atoms with Crippen molar-refractivity contribution in [3.63, 3.8) is 0 Å². The van der Waals surface area contributed by atoms with E-state index in [-0.39, 0.29) is 11.9 Å². The van der Waals surface area contributed by atoms with Crippen LogP contribution in [0.5, 0.6) is 0 Å². The van der Waals surface area contributed by atoms with Crippen LogP contribution in [0.2, 0.25) is 0 Å². The average Bonchev–Trinajstić information content (AvgIpc) is 2.88. The molecule has 4 aromatic rings. The molecule has 1 aliphatic heterocycles. The Labute approximate surface area is 196 Å². The molecule has 0 saturated heterocycles. The van der Waals surface area contributed by atoms with E-state index in [1.165, 1.54) is 11.0 Å². The van der Waals surface area contributed by atoms with E-state index in [0.29, 0.717) is 41.7 Å². The molecule has 0 aliphatic carbocycles. The largest absolute Gasteiger partial charge is 0.349 e. The summed E-state index contributed by atoms with van der Waals surface area (Å²) >= 11 is 0. The van der Waals surface area contributed by atoms with E-state index in [4.69, 9.17) is 0 Å². The number of pyridine rings is 1. The van der Waals surface area contributed by atoms with Gasteiger partial charge in [-0.1, -0.05) is 18.2 Å². The molecule has 1 aromatic carbocycles. The number of fused-ring (bicyclic) bond motifs is 1. The smallest absolute Gasteiger partial charge is 0.258 e. The van der Waals surface area contributed by atoms with Gasteiger partial charge >= 0.3 is 0 Å². The predicted octanol–water partition coefficient (Wildman–Crippen LogP) is 3.87. The fourth-order valence-electron chi connectivity index (χ4n) is 4.10. The molecular formula is C25H22FN7O. The molecule has 9 heteroatoms. The minimum absolute atomic E-state index is 0.133.